The van der Waals surface area contributed by atoms with Gasteiger partial charge in [0.1, 0.15) is 11.6 Å². The van der Waals surface area contributed by atoms with E-state index in [0.717, 1.165) is 12.1 Å². The minimum Gasteiger partial charge on any atom is -0.501 e. The summed E-state index contributed by atoms with van der Waals surface area (Å²) in [7, 11) is 1.95. The summed E-state index contributed by atoms with van der Waals surface area (Å²) in [6.07, 6.45) is 1.03. The number of carbonyl (C=O) groups is 1. The van der Waals surface area contributed by atoms with Crippen LogP contribution in [-0.4, -0.2) is 45.5 Å². The maximum absolute atomic E-state index is 12.9. The molecule has 7 heteroatoms. The van der Waals surface area contributed by atoms with Crippen LogP contribution in [0.4, 0.5) is 4.39 Å². The Bertz CT molecular complexity index is 846. The summed E-state index contributed by atoms with van der Waals surface area (Å²) in [5, 5.41) is 10.1. The van der Waals surface area contributed by atoms with Crippen molar-refractivity contribution >= 4 is 5.78 Å². The lowest BCUT2D eigenvalue weighted by molar-refractivity contribution is 0.0974. The van der Waals surface area contributed by atoms with Crippen molar-refractivity contribution in [3.8, 4) is 5.75 Å². The van der Waals surface area contributed by atoms with Crippen LogP contribution in [-0.2, 0) is 19.4 Å². The van der Waals surface area contributed by atoms with Gasteiger partial charge in [0.2, 0.25) is 5.75 Å². The summed E-state index contributed by atoms with van der Waals surface area (Å²) in [6.45, 7) is 1.86. The number of carbonyl (C=O) groups excluding carboxylic acids is 1. The normalized spacial score (nSPS) is 14.8. The minimum absolute atomic E-state index is 0.0923. The van der Waals surface area contributed by atoms with Crippen LogP contribution < -0.4 is 5.56 Å². The number of ketones is 1. The van der Waals surface area contributed by atoms with Crippen molar-refractivity contribution in [2.24, 2.45) is 0 Å². The van der Waals surface area contributed by atoms with Crippen LogP contribution >= 0.6 is 0 Å². The fraction of sp³-hybridized carbons (Fsp3) is 0.389. The van der Waals surface area contributed by atoms with Crippen molar-refractivity contribution in [2.75, 3.05) is 20.1 Å². The highest BCUT2D eigenvalue weighted by molar-refractivity contribution is 5.96. The van der Waals surface area contributed by atoms with Crippen molar-refractivity contribution in [1.29, 1.82) is 0 Å². The van der Waals surface area contributed by atoms with E-state index in [4.69, 9.17) is 0 Å². The highest BCUT2D eigenvalue weighted by Crippen LogP contribution is 2.16. The second-order valence-electron chi connectivity index (χ2n) is 6.28. The number of aromatic nitrogens is 2. The third kappa shape index (κ3) is 3.76. The molecule has 1 aliphatic heterocycles. The van der Waals surface area contributed by atoms with E-state index in [2.05, 4.69) is 9.88 Å². The molecule has 1 aliphatic rings. The molecular weight excluding hydrogens is 325 g/mol. The Morgan fingerprint density at radius 2 is 1.96 bits per heavy atom. The Labute approximate surface area is 144 Å². The van der Waals surface area contributed by atoms with Crippen LogP contribution in [0, 0.1) is 5.82 Å². The molecule has 0 spiro atoms. The van der Waals surface area contributed by atoms with Gasteiger partial charge in [0.15, 0.2) is 11.5 Å². The Hall–Kier alpha value is -2.54. The molecule has 6 nitrogen and oxygen atoms in total. The van der Waals surface area contributed by atoms with E-state index in [-0.39, 0.29) is 23.7 Å². The number of hydrogen-bond donors (Lipinski definition) is 1. The average molecular weight is 345 g/mol. The monoisotopic (exact) mass is 345 g/mol. The molecular formula is C18H20FN3O3. The summed E-state index contributed by atoms with van der Waals surface area (Å²) in [4.78, 5) is 31.2. The molecule has 0 saturated carbocycles. The summed E-state index contributed by atoms with van der Waals surface area (Å²) < 4.78 is 14.4. The third-order valence-corrected chi connectivity index (χ3v) is 4.47. The van der Waals surface area contributed by atoms with E-state index in [1.165, 1.54) is 16.7 Å². The number of benzene rings is 1. The summed E-state index contributed by atoms with van der Waals surface area (Å²) >= 11 is 0. The van der Waals surface area contributed by atoms with Gasteiger partial charge in [0, 0.05) is 32.5 Å². The molecule has 0 saturated heterocycles. The standard InChI is InChI=1S/C18H20FN3O3/c1-21-9-8-15-20-16(17(24)18(25)22(15)11-10-21)14(23)7-4-12-2-5-13(19)6-3-12/h2-3,5-6,24H,4,7-11H2,1H3. The fourth-order valence-electron chi connectivity index (χ4n) is 2.91. The van der Waals surface area contributed by atoms with Crippen molar-refractivity contribution in [2.45, 2.75) is 25.8 Å². The lowest BCUT2D eigenvalue weighted by Gasteiger charge is -2.11. The summed E-state index contributed by atoms with van der Waals surface area (Å²) in [5.74, 6) is -0.784. The average Bonchev–Trinajstić information content (AvgIpc) is 2.79. The maximum Gasteiger partial charge on any atom is 0.296 e. The van der Waals surface area contributed by atoms with Crippen molar-refractivity contribution in [3.05, 3.63) is 57.5 Å². The van der Waals surface area contributed by atoms with Gasteiger partial charge in [0.05, 0.1) is 0 Å². The molecule has 1 aromatic heterocycles. The number of nitrogens with zero attached hydrogens (tertiary/aromatic N) is 3. The van der Waals surface area contributed by atoms with Gasteiger partial charge in [-0.15, -0.1) is 0 Å². The second kappa shape index (κ2) is 7.14. The van der Waals surface area contributed by atoms with Crippen LogP contribution in [0.2, 0.25) is 0 Å². The number of halogens is 1. The van der Waals surface area contributed by atoms with E-state index >= 15 is 0 Å². The topological polar surface area (TPSA) is 75.4 Å². The lowest BCUT2D eigenvalue weighted by Crippen LogP contribution is -2.28. The molecule has 1 aromatic carbocycles. The lowest BCUT2D eigenvalue weighted by atomic mass is 10.1. The van der Waals surface area contributed by atoms with Crippen LogP contribution in [0.1, 0.15) is 28.3 Å². The molecule has 0 fully saturated rings. The number of Topliss-reactive ketones (excluding diaryl/α,β-unsaturated/α-hetero) is 1. The van der Waals surface area contributed by atoms with Crippen molar-refractivity contribution in [1.82, 2.24) is 14.5 Å². The Morgan fingerprint density at radius 3 is 2.68 bits per heavy atom. The summed E-state index contributed by atoms with van der Waals surface area (Å²) in [5.41, 5.74) is 0.0793. The van der Waals surface area contributed by atoms with Crippen LogP contribution in [0.5, 0.6) is 5.75 Å². The van der Waals surface area contributed by atoms with Gasteiger partial charge in [-0.05, 0) is 31.2 Å². The minimum atomic E-state index is -0.586. The Kier molecular flexibility index (Phi) is 4.94. The predicted molar refractivity (Wildman–Crippen MR) is 90.4 cm³/mol. The molecule has 25 heavy (non-hydrogen) atoms. The number of aryl methyl sites for hydroxylation is 1. The smallest absolute Gasteiger partial charge is 0.296 e. The van der Waals surface area contributed by atoms with Crippen molar-refractivity contribution in [3.63, 3.8) is 0 Å². The third-order valence-electron chi connectivity index (χ3n) is 4.47. The first kappa shape index (κ1) is 17.3. The van der Waals surface area contributed by atoms with Crippen LogP contribution in [0.3, 0.4) is 0 Å². The van der Waals surface area contributed by atoms with Crippen LogP contribution in [0.15, 0.2) is 29.1 Å². The molecule has 132 valence electrons. The van der Waals surface area contributed by atoms with Gasteiger partial charge in [-0.25, -0.2) is 9.37 Å². The van der Waals surface area contributed by atoms with Crippen LogP contribution in [0.25, 0.3) is 0 Å². The number of rotatable bonds is 4. The number of fused-ring (bicyclic) bond motifs is 1. The first-order valence-electron chi connectivity index (χ1n) is 8.24. The highest BCUT2D eigenvalue weighted by atomic mass is 19.1. The molecule has 0 aliphatic carbocycles. The zero-order valence-corrected chi connectivity index (χ0v) is 14.0. The highest BCUT2D eigenvalue weighted by Gasteiger charge is 2.22. The molecule has 0 amide bonds. The number of aromatic hydroxyl groups is 1. The molecule has 0 bridgehead atoms. The number of likely N-dealkylation sites (N-methyl/N-ethyl adjacent to an activating group) is 1. The van der Waals surface area contributed by atoms with E-state index in [9.17, 15) is 19.1 Å². The SMILES string of the molecule is CN1CCc2nc(C(=O)CCc3ccc(F)cc3)c(O)c(=O)n2CC1. The first-order chi connectivity index (χ1) is 12.0. The van der Waals surface area contributed by atoms with Gasteiger partial charge < -0.3 is 10.0 Å². The first-order valence-corrected chi connectivity index (χ1v) is 8.24. The molecule has 1 N–H and O–H groups in total. The largest absolute Gasteiger partial charge is 0.501 e. The molecule has 2 aromatic rings. The Morgan fingerprint density at radius 1 is 1.24 bits per heavy atom. The van der Waals surface area contributed by atoms with Gasteiger partial charge in [-0.3, -0.25) is 14.2 Å². The molecule has 0 unspecified atom stereocenters. The van der Waals surface area contributed by atoms with Gasteiger partial charge >= 0.3 is 0 Å². The molecule has 2 heterocycles. The molecule has 3 rings (SSSR count). The zero-order chi connectivity index (χ0) is 18.0. The summed E-state index contributed by atoms with van der Waals surface area (Å²) in [6, 6.07) is 5.89. The molecule has 0 atom stereocenters. The van der Waals surface area contributed by atoms with Crippen molar-refractivity contribution < 1.29 is 14.3 Å². The zero-order valence-electron chi connectivity index (χ0n) is 14.0. The Balaban J connectivity index is 1.82. The van der Waals surface area contributed by atoms with E-state index in [1.807, 2.05) is 7.05 Å². The second-order valence-corrected chi connectivity index (χ2v) is 6.28. The van der Waals surface area contributed by atoms with Gasteiger partial charge in [-0.2, -0.15) is 0 Å². The van der Waals surface area contributed by atoms with Gasteiger partial charge in [-0.1, -0.05) is 12.1 Å². The van der Waals surface area contributed by atoms with Gasteiger partial charge in [0.25, 0.3) is 5.56 Å². The number of hydrogen-bond acceptors (Lipinski definition) is 5. The maximum atomic E-state index is 12.9. The predicted octanol–water partition coefficient (Wildman–Crippen LogP) is 1.39. The van der Waals surface area contributed by atoms with E-state index in [0.29, 0.717) is 31.8 Å². The van der Waals surface area contributed by atoms with E-state index < -0.39 is 11.3 Å². The quantitative estimate of drug-likeness (QED) is 0.848. The van der Waals surface area contributed by atoms with E-state index in [1.54, 1.807) is 12.1 Å². The fourth-order valence-corrected chi connectivity index (χ4v) is 2.91. The molecule has 0 radical (unpaired) electrons.